The number of nitrogens with one attached hydrogen (secondary N) is 1. The zero-order chi connectivity index (χ0) is 22.9. The lowest BCUT2D eigenvalue weighted by atomic mass is 9.72. The molecule has 0 unspecified atom stereocenters. The van der Waals surface area contributed by atoms with E-state index in [4.69, 9.17) is 17.3 Å². The Hall–Kier alpha value is -2.71. The van der Waals surface area contributed by atoms with Crippen LogP contribution in [0.3, 0.4) is 0 Å². The molecule has 3 rings (SSSR count). The molecule has 0 bridgehead atoms. The quantitative estimate of drug-likeness (QED) is 0.361. The number of hydrogen-bond donors (Lipinski definition) is 2. The van der Waals surface area contributed by atoms with Crippen molar-refractivity contribution in [1.82, 2.24) is 0 Å². The van der Waals surface area contributed by atoms with E-state index in [1.165, 1.54) is 35.6 Å². The predicted octanol–water partition coefficient (Wildman–Crippen LogP) is 5.21. The molecule has 31 heavy (non-hydrogen) atoms. The van der Waals surface area contributed by atoms with Gasteiger partial charge >= 0.3 is 0 Å². The largest absolute Gasteiger partial charge is 0.365 e. The van der Waals surface area contributed by atoms with Gasteiger partial charge in [0.15, 0.2) is 0 Å². The van der Waals surface area contributed by atoms with Crippen molar-refractivity contribution < 1.29 is 14.5 Å². The number of rotatable bonds is 5. The molecule has 2 amide bonds. The molecule has 0 saturated heterocycles. The SMILES string of the molecule is CC(C)(C)[C@H]1CCc2c(sc(NC(=O)/C=C/c3ccc(Cl)c([N+](=O)[O-])c3)c2C(N)=O)C1. The molecule has 0 radical (unpaired) electrons. The van der Waals surface area contributed by atoms with Crippen LogP contribution in [0.1, 0.15) is 53.6 Å². The van der Waals surface area contributed by atoms with Crippen LogP contribution >= 0.6 is 22.9 Å². The van der Waals surface area contributed by atoms with E-state index in [1.54, 1.807) is 6.07 Å². The number of anilines is 1. The molecule has 9 heteroatoms. The predicted molar refractivity (Wildman–Crippen MR) is 124 cm³/mol. The number of carbonyl (C=O) groups is 2. The molecule has 1 aromatic carbocycles. The van der Waals surface area contributed by atoms with E-state index >= 15 is 0 Å². The fraction of sp³-hybridized carbons (Fsp3) is 0.364. The van der Waals surface area contributed by atoms with Gasteiger partial charge in [-0.2, -0.15) is 0 Å². The van der Waals surface area contributed by atoms with Crippen molar-refractivity contribution in [3.05, 3.63) is 61.0 Å². The molecule has 3 N–H and O–H groups in total. The van der Waals surface area contributed by atoms with Crippen LogP contribution in [0, 0.1) is 21.4 Å². The third kappa shape index (κ3) is 5.14. The molecule has 0 saturated carbocycles. The zero-order valence-corrected chi connectivity index (χ0v) is 19.1. The van der Waals surface area contributed by atoms with Crippen molar-refractivity contribution in [3.8, 4) is 0 Å². The molecule has 164 valence electrons. The van der Waals surface area contributed by atoms with E-state index < -0.39 is 16.7 Å². The van der Waals surface area contributed by atoms with E-state index in [9.17, 15) is 19.7 Å². The van der Waals surface area contributed by atoms with Crippen LogP contribution in [0.25, 0.3) is 6.08 Å². The first kappa shape index (κ1) is 23.0. The first-order valence-electron chi connectivity index (χ1n) is 9.84. The Balaban J connectivity index is 1.81. The number of fused-ring (bicyclic) bond motifs is 1. The van der Waals surface area contributed by atoms with Crippen LogP contribution in [-0.4, -0.2) is 16.7 Å². The fourth-order valence-electron chi connectivity index (χ4n) is 3.77. The number of hydrogen-bond acceptors (Lipinski definition) is 5. The summed E-state index contributed by atoms with van der Waals surface area (Å²) in [7, 11) is 0. The number of carbonyl (C=O) groups excluding carboxylic acids is 2. The van der Waals surface area contributed by atoms with Crippen LogP contribution in [0.5, 0.6) is 0 Å². The second-order valence-electron chi connectivity index (χ2n) is 8.67. The Bertz CT molecular complexity index is 1090. The van der Waals surface area contributed by atoms with Crippen LogP contribution in [-0.2, 0) is 17.6 Å². The van der Waals surface area contributed by atoms with Gasteiger partial charge in [-0.1, -0.05) is 38.4 Å². The molecular weight excluding hydrogens is 438 g/mol. The summed E-state index contributed by atoms with van der Waals surface area (Å²) in [5.74, 6) is -0.520. The summed E-state index contributed by atoms with van der Waals surface area (Å²) in [4.78, 5) is 36.1. The topological polar surface area (TPSA) is 115 Å². The van der Waals surface area contributed by atoms with Crippen molar-refractivity contribution in [2.75, 3.05) is 5.32 Å². The summed E-state index contributed by atoms with van der Waals surface area (Å²) in [6, 6.07) is 4.27. The van der Waals surface area contributed by atoms with Crippen molar-refractivity contribution >= 4 is 51.5 Å². The summed E-state index contributed by atoms with van der Waals surface area (Å²) in [6.45, 7) is 6.62. The second-order valence-corrected chi connectivity index (χ2v) is 10.2. The average molecular weight is 462 g/mol. The van der Waals surface area contributed by atoms with E-state index in [1.807, 2.05) is 0 Å². The lowest BCUT2D eigenvalue weighted by molar-refractivity contribution is -0.384. The zero-order valence-electron chi connectivity index (χ0n) is 17.5. The standard InChI is InChI=1S/C22H24ClN3O4S/c1-22(2,3)13-6-7-14-17(11-13)31-21(19(14)20(24)28)25-18(27)9-5-12-4-8-15(23)16(10-12)26(29)30/h4-5,8-10,13H,6-7,11H2,1-3H3,(H2,24,28)(H,25,27)/b9-5+/t13-/m0/s1. The number of halogens is 1. The summed E-state index contributed by atoms with van der Waals surface area (Å²) in [5, 5.41) is 14.2. The van der Waals surface area contributed by atoms with Crippen LogP contribution in [0.4, 0.5) is 10.7 Å². The molecule has 1 atom stereocenters. The van der Waals surface area contributed by atoms with Gasteiger partial charge in [0.25, 0.3) is 11.6 Å². The molecule has 0 fully saturated rings. The maximum absolute atomic E-state index is 12.5. The molecule has 0 aliphatic heterocycles. The highest BCUT2D eigenvalue weighted by molar-refractivity contribution is 7.17. The number of nitro benzene ring substituents is 1. The van der Waals surface area contributed by atoms with E-state index in [0.717, 1.165) is 29.7 Å². The Morgan fingerprint density at radius 2 is 2.06 bits per heavy atom. The number of thiophene rings is 1. The first-order valence-corrected chi connectivity index (χ1v) is 11.0. The van der Waals surface area contributed by atoms with Gasteiger partial charge in [0.2, 0.25) is 5.91 Å². The first-order chi connectivity index (χ1) is 14.5. The summed E-state index contributed by atoms with van der Waals surface area (Å²) < 4.78 is 0. The van der Waals surface area contributed by atoms with E-state index in [-0.39, 0.29) is 16.1 Å². The minimum absolute atomic E-state index is 0.0235. The van der Waals surface area contributed by atoms with Crippen molar-refractivity contribution in [2.24, 2.45) is 17.1 Å². The highest BCUT2D eigenvalue weighted by atomic mass is 35.5. The average Bonchev–Trinajstić information content (AvgIpc) is 3.03. The number of nitrogens with two attached hydrogens (primary N) is 1. The smallest absolute Gasteiger partial charge is 0.288 e. The molecule has 1 heterocycles. The van der Waals surface area contributed by atoms with Crippen LogP contribution in [0.2, 0.25) is 5.02 Å². The lowest BCUT2D eigenvalue weighted by Gasteiger charge is -2.33. The number of primary amides is 1. The normalized spacial score (nSPS) is 16.2. The number of nitrogens with zero attached hydrogens (tertiary/aromatic N) is 1. The van der Waals surface area contributed by atoms with Gasteiger partial charge in [0.1, 0.15) is 10.0 Å². The van der Waals surface area contributed by atoms with Crippen molar-refractivity contribution in [2.45, 2.75) is 40.0 Å². The Kier molecular flexibility index (Phi) is 6.52. The number of nitro groups is 1. The van der Waals surface area contributed by atoms with Gasteiger partial charge in [0.05, 0.1) is 10.5 Å². The summed E-state index contributed by atoms with van der Waals surface area (Å²) in [5.41, 5.74) is 7.32. The molecule has 7 nitrogen and oxygen atoms in total. The summed E-state index contributed by atoms with van der Waals surface area (Å²) >= 11 is 7.20. The van der Waals surface area contributed by atoms with Gasteiger partial charge in [-0.05, 0) is 53.9 Å². The van der Waals surface area contributed by atoms with E-state index in [0.29, 0.717) is 22.0 Å². The van der Waals surface area contributed by atoms with E-state index in [2.05, 4.69) is 26.1 Å². The number of benzene rings is 1. The van der Waals surface area contributed by atoms with Gasteiger partial charge < -0.3 is 11.1 Å². The Labute approximate surface area is 189 Å². The monoisotopic (exact) mass is 461 g/mol. The Morgan fingerprint density at radius 3 is 2.68 bits per heavy atom. The van der Waals surface area contributed by atoms with Gasteiger partial charge in [-0.3, -0.25) is 19.7 Å². The third-order valence-corrected chi connectivity index (χ3v) is 7.06. The maximum atomic E-state index is 12.5. The third-order valence-electron chi connectivity index (χ3n) is 5.57. The van der Waals surface area contributed by atoms with Crippen LogP contribution in [0.15, 0.2) is 24.3 Å². The highest BCUT2D eigenvalue weighted by Gasteiger charge is 2.33. The number of amides is 2. The Morgan fingerprint density at radius 1 is 1.35 bits per heavy atom. The van der Waals surface area contributed by atoms with Gasteiger partial charge in [-0.15, -0.1) is 11.3 Å². The molecule has 1 aliphatic carbocycles. The molecular formula is C22H24ClN3O4S. The van der Waals surface area contributed by atoms with Crippen molar-refractivity contribution in [3.63, 3.8) is 0 Å². The molecule has 1 aromatic heterocycles. The lowest BCUT2D eigenvalue weighted by Crippen LogP contribution is -2.27. The van der Waals surface area contributed by atoms with Crippen LogP contribution < -0.4 is 11.1 Å². The molecule has 2 aromatic rings. The minimum atomic E-state index is -0.583. The molecule has 1 aliphatic rings. The van der Waals surface area contributed by atoms with Crippen molar-refractivity contribution in [1.29, 1.82) is 0 Å². The molecule has 0 spiro atoms. The fourth-order valence-corrected chi connectivity index (χ4v) is 5.29. The second kappa shape index (κ2) is 8.80. The maximum Gasteiger partial charge on any atom is 0.288 e. The summed E-state index contributed by atoms with van der Waals surface area (Å²) in [6.07, 6.45) is 5.28. The minimum Gasteiger partial charge on any atom is -0.365 e. The van der Waals surface area contributed by atoms with Gasteiger partial charge in [-0.25, -0.2) is 0 Å². The van der Waals surface area contributed by atoms with Gasteiger partial charge in [0, 0.05) is 17.0 Å². The highest BCUT2D eigenvalue weighted by Crippen LogP contribution is 2.44.